The van der Waals surface area contributed by atoms with E-state index in [2.05, 4.69) is 67.3 Å². The minimum atomic E-state index is 0.560. The Balaban J connectivity index is 2.20. The van der Waals surface area contributed by atoms with Crippen LogP contribution >= 0.6 is 0 Å². The van der Waals surface area contributed by atoms with Gasteiger partial charge in [0, 0.05) is 50.6 Å². The van der Waals surface area contributed by atoms with Gasteiger partial charge in [-0.3, -0.25) is 0 Å². The number of nitrogens with zero attached hydrogens (tertiary/aromatic N) is 2. The second-order valence-corrected chi connectivity index (χ2v) is 5.43. The monoisotopic (exact) mass is 247 g/mol. The van der Waals surface area contributed by atoms with Gasteiger partial charge in [-0.1, -0.05) is 13.0 Å². The number of anilines is 2. The predicted octanol–water partition coefficient (Wildman–Crippen LogP) is 2.33. The molecule has 1 fully saturated rings. The zero-order valence-corrected chi connectivity index (χ0v) is 12.0. The maximum absolute atomic E-state index is 3.60. The van der Waals surface area contributed by atoms with Gasteiger partial charge in [0.2, 0.25) is 0 Å². The fraction of sp³-hybridized carbons (Fsp3) is 0.600. The third kappa shape index (κ3) is 2.78. The Morgan fingerprint density at radius 3 is 2.83 bits per heavy atom. The van der Waals surface area contributed by atoms with Crippen LogP contribution in [0.15, 0.2) is 24.3 Å². The lowest BCUT2D eigenvalue weighted by molar-refractivity contribution is 0.397. The van der Waals surface area contributed by atoms with Crippen molar-refractivity contribution in [2.75, 3.05) is 37.0 Å². The quantitative estimate of drug-likeness (QED) is 0.884. The molecule has 18 heavy (non-hydrogen) atoms. The summed E-state index contributed by atoms with van der Waals surface area (Å²) in [6.45, 7) is 6.72. The molecular formula is C15H25N3. The van der Waals surface area contributed by atoms with Crippen molar-refractivity contribution in [1.29, 1.82) is 0 Å². The number of benzene rings is 1. The van der Waals surface area contributed by atoms with E-state index < -0.39 is 0 Å². The van der Waals surface area contributed by atoms with E-state index in [1.165, 1.54) is 17.8 Å². The summed E-state index contributed by atoms with van der Waals surface area (Å²) >= 11 is 0. The Morgan fingerprint density at radius 1 is 1.39 bits per heavy atom. The van der Waals surface area contributed by atoms with Crippen LogP contribution in [-0.4, -0.2) is 39.3 Å². The number of hydrogen-bond donors (Lipinski definition) is 1. The standard InChI is InChI=1S/C15H25N3/c1-5-13-11-18(12(2)10-16-13)15-8-6-7-14(9-15)17(3)4/h6-9,12-13,16H,5,10-11H2,1-4H3. The summed E-state index contributed by atoms with van der Waals surface area (Å²) in [4.78, 5) is 4.69. The van der Waals surface area contributed by atoms with E-state index in [0.29, 0.717) is 12.1 Å². The predicted molar refractivity (Wildman–Crippen MR) is 79.7 cm³/mol. The summed E-state index contributed by atoms with van der Waals surface area (Å²) in [5.41, 5.74) is 2.61. The summed E-state index contributed by atoms with van der Waals surface area (Å²) in [7, 11) is 4.18. The van der Waals surface area contributed by atoms with Crippen LogP contribution in [0.2, 0.25) is 0 Å². The maximum atomic E-state index is 3.60. The minimum Gasteiger partial charge on any atom is -0.378 e. The molecule has 1 aliphatic rings. The number of piperazine rings is 1. The highest BCUT2D eigenvalue weighted by Gasteiger charge is 2.24. The molecule has 2 unspecified atom stereocenters. The van der Waals surface area contributed by atoms with E-state index >= 15 is 0 Å². The molecule has 1 heterocycles. The SMILES string of the molecule is CCC1CN(c2cccc(N(C)C)c2)C(C)CN1. The summed E-state index contributed by atoms with van der Waals surface area (Å²) in [6.07, 6.45) is 1.19. The lowest BCUT2D eigenvalue weighted by Gasteiger charge is -2.40. The fourth-order valence-corrected chi connectivity index (χ4v) is 2.51. The van der Waals surface area contributed by atoms with Crippen molar-refractivity contribution < 1.29 is 0 Å². The second-order valence-electron chi connectivity index (χ2n) is 5.43. The number of hydrogen-bond acceptors (Lipinski definition) is 3. The molecule has 1 aliphatic heterocycles. The summed E-state index contributed by atoms with van der Waals surface area (Å²) in [6, 6.07) is 10.00. The molecule has 0 amide bonds. The molecule has 1 saturated heterocycles. The van der Waals surface area contributed by atoms with E-state index in [-0.39, 0.29) is 0 Å². The zero-order chi connectivity index (χ0) is 13.1. The number of nitrogens with one attached hydrogen (secondary N) is 1. The maximum Gasteiger partial charge on any atom is 0.0390 e. The van der Waals surface area contributed by atoms with Gasteiger partial charge in [-0.05, 0) is 31.5 Å². The van der Waals surface area contributed by atoms with Crippen molar-refractivity contribution >= 4 is 11.4 Å². The Labute approximate surface area is 111 Å². The van der Waals surface area contributed by atoms with Crippen LogP contribution in [-0.2, 0) is 0 Å². The molecule has 0 spiro atoms. The lowest BCUT2D eigenvalue weighted by atomic mass is 10.1. The van der Waals surface area contributed by atoms with Gasteiger partial charge in [0.15, 0.2) is 0 Å². The Morgan fingerprint density at radius 2 is 2.17 bits per heavy atom. The minimum absolute atomic E-state index is 0.560. The highest BCUT2D eigenvalue weighted by atomic mass is 15.2. The molecule has 0 bridgehead atoms. The topological polar surface area (TPSA) is 18.5 Å². The molecule has 2 atom stereocenters. The van der Waals surface area contributed by atoms with Crippen LogP contribution in [0.4, 0.5) is 11.4 Å². The lowest BCUT2D eigenvalue weighted by Crippen LogP contribution is -2.55. The summed E-state index contributed by atoms with van der Waals surface area (Å²) in [5.74, 6) is 0. The largest absolute Gasteiger partial charge is 0.378 e. The van der Waals surface area contributed by atoms with Gasteiger partial charge in [0.1, 0.15) is 0 Å². The number of rotatable bonds is 3. The van der Waals surface area contributed by atoms with Crippen molar-refractivity contribution in [3.63, 3.8) is 0 Å². The molecule has 100 valence electrons. The zero-order valence-electron chi connectivity index (χ0n) is 12.0. The van der Waals surface area contributed by atoms with Gasteiger partial charge in [-0.25, -0.2) is 0 Å². The van der Waals surface area contributed by atoms with Crippen LogP contribution in [0, 0.1) is 0 Å². The second kappa shape index (κ2) is 5.61. The average molecular weight is 247 g/mol. The van der Waals surface area contributed by atoms with Gasteiger partial charge < -0.3 is 15.1 Å². The first-order valence-electron chi connectivity index (χ1n) is 6.89. The Hall–Kier alpha value is -1.22. The van der Waals surface area contributed by atoms with Crippen molar-refractivity contribution in [3.05, 3.63) is 24.3 Å². The van der Waals surface area contributed by atoms with E-state index in [4.69, 9.17) is 0 Å². The average Bonchev–Trinajstić information content (AvgIpc) is 2.39. The van der Waals surface area contributed by atoms with Crippen LogP contribution in [0.1, 0.15) is 20.3 Å². The first kappa shape index (κ1) is 13.2. The van der Waals surface area contributed by atoms with Crippen molar-refractivity contribution in [3.8, 4) is 0 Å². The molecule has 0 saturated carbocycles. The van der Waals surface area contributed by atoms with Crippen molar-refractivity contribution in [1.82, 2.24) is 5.32 Å². The normalized spacial score (nSPS) is 24.1. The van der Waals surface area contributed by atoms with Crippen LogP contribution in [0.3, 0.4) is 0 Å². The third-order valence-electron chi connectivity index (χ3n) is 3.82. The molecule has 1 aromatic rings. The van der Waals surface area contributed by atoms with Crippen LogP contribution in [0.25, 0.3) is 0 Å². The fourth-order valence-electron chi connectivity index (χ4n) is 2.51. The first-order valence-corrected chi connectivity index (χ1v) is 6.89. The third-order valence-corrected chi connectivity index (χ3v) is 3.82. The van der Waals surface area contributed by atoms with Gasteiger partial charge >= 0.3 is 0 Å². The van der Waals surface area contributed by atoms with Gasteiger partial charge in [-0.2, -0.15) is 0 Å². The molecule has 3 heteroatoms. The summed E-state index contributed by atoms with van der Waals surface area (Å²) < 4.78 is 0. The molecule has 2 rings (SSSR count). The smallest absolute Gasteiger partial charge is 0.0390 e. The van der Waals surface area contributed by atoms with E-state index in [9.17, 15) is 0 Å². The van der Waals surface area contributed by atoms with Crippen molar-refractivity contribution in [2.24, 2.45) is 0 Å². The molecular weight excluding hydrogens is 222 g/mol. The molecule has 0 radical (unpaired) electrons. The van der Waals surface area contributed by atoms with Gasteiger partial charge in [0.05, 0.1) is 0 Å². The highest BCUT2D eigenvalue weighted by Crippen LogP contribution is 2.24. The molecule has 0 aromatic heterocycles. The van der Waals surface area contributed by atoms with Crippen LogP contribution in [0.5, 0.6) is 0 Å². The van der Waals surface area contributed by atoms with Gasteiger partial charge in [-0.15, -0.1) is 0 Å². The van der Waals surface area contributed by atoms with Crippen LogP contribution < -0.4 is 15.1 Å². The van der Waals surface area contributed by atoms with E-state index in [1.807, 2.05) is 0 Å². The Kier molecular flexibility index (Phi) is 4.12. The molecule has 1 aromatic carbocycles. The molecule has 1 N–H and O–H groups in total. The summed E-state index contributed by atoms with van der Waals surface area (Å²) in [5, 5.41) is 3.60. The first-order chi connectivity index (χ1) is 8.61. The molecule has 3 nitrogen and oxygen atoms in total. The highest BCUT2D eigenvalue weighted by molar-refractivity contribution is 5.59. The van der Waals surface area contributed by atoms with Crippen molar-refractivity contribution in [2.45, 2.75) is 32.4 Å². The van der Waals surface area contributed by atoms with Gasteiger partial charge in [0.25, 0.3) is 0 Å². The Bertz CT molecular complexity index is 389. The molecule has 0 aliphatic carbocycles. The van der Waals surface area contributed by atoms with E-state index in [1.54, 1.807) is 0 Å². The van der Waals surface area contributed by atoms with E-state index in [0.717, 1.165) is 13.1 Å².